The van der Waals surface area contributed by atoms with Gasteiger partial charge in [-0.3, -0.25) is 0 Å². The zero-order valence-corrected chi connectivity index (χ0v) is 22.6. The maximum atomic E-state index is 12.4. The van der Waals surface area contributed by atoms with Crippen LogP contribution in [0.4, 0.5) is 10.5 Å². The van der Waals surface area contributed by atoms with E-state index < -0.39 is 13.8 Å². The number of aromatic nitrogens is 1. The van der Waals surface area contributed by atoms with Crippen LogP contribution in [-0.2, 0) is 4.74 Å². The lowest BCUT2D eigenvalue weighted by atomic mass is 10.2. The molecule has 0 saturated carbocycles. The highest BCUT2D eigenvalue weighted by molar-refractivity contribution is 6.82. The Kier molecular flexibility index (Phi) is 7.04. The molecule has 0 spiro atoms. The Morgan fingerprint density at radius 1 is 0.906 bits per heavy atom. The van der Waals surface area contributed by atoms with Crippen LogP contribution in [0.25, 0.3) is 10.9 Å². The summed E-state index contributed by atoms with van der Waals surface area (Å²) < 4.78 is 8.21. The van der Waals surface area contributed by atoms with E-state index in [1.165, 1.54) is 16.6 Å². The van der Waals surface area contributed by atoms with E-state index in [2.05, 4.69) is 81.1 Å². The summed E-state index contributed by atoms with van der Waals surface area (Å²) in [5.41, 5.74) is 4.15. The fraction of sp³-hybridized carbons (Fsp3) is 0.654. The molecule has 1 aromatic heterocycles. The molecule has 0 radical (unpaired) electrons. The number of carbonyl (C=O) groups is 1. The van der Waals surface area contributed by atoms with Crippen molar-refractivity contribution in [3.8, 4) is 0 Å². The zero-order chi connectivity index (χ0) is 23.8. The van der Waals surface area contributed by atoms with Gasteiger partial charge in [-0.05, 0) is 67.9 Å². The summed E-state index contributed by atoms with van der Waals surface area (Å²) in [7, 11) is -1.77. The summed E-state index contributed by atoms with van der Waals surface area (Å²) in [6.07, 6.45) is 2.14. The lowest BCUT2D eigenvalue weighted by Gasteiger charge is -2.44. The molecule has 2 heterocycles. The Labute approximate surface area is 195 Å². The van der Waals surface area contributed by atoms with E-state index in [9.17, 15) is 4.79 Å². The van der Waals surface area contributed by atoms with E-state index in [-0.39, 0.29) is 6.09 Å². The summed E-state index contributed by atoms with van der Waals surface area (Å²) >= 11 is 0. The Balaban J connectivity index is 1.82. The molecule has 1 amide bonds. The predicted molar refractivity (Wildman–Crippen MR) is 138 cm³/mol. The highest BCUT2D eigenvalue weighted by atomic mass is 28.3. The van der Waals surface area contributed by atoms with Gasteiger partial charge in [-0.25, -0.2) is 4.79 Å². The third-order valence-corrected chi connectivity index (χ3v) is 13.9. The smallest absolute Gasteiger partial charge is 0.410 e. The van der Waals surface area contributed by atoms with Gasteiger partial charge in [-0.1, -0.05) is 41.5 Å². The summed E-state index contributed by atoms with van der Waals surface area (Å²) in [6.45, 7) is 23.3. The predicted octanol–water partition coefficient (Wildman–Crippen LogP) is 6.72. The van der Waals surface area contributed by atoms with Gasteiger partial charge >= 0.3 is 6.09 Å². The van der Waals surface area contributed by atoms with Crippen molar-refractivity contribution in [3.05, 3.63) is 30.5 Å². The van der Waals surface area contributed by atoms with Crippen molar-refractivity contribution >= 4 is 30.9 Å². The van der Waals surface area contributed by atoms with Gasteiger partial charge in [-0.15, -0.1) is 0 Å². The van der Waals surface area contributed by atoms with Crippen molar-refractivity contribution in [1.29, 1.82) is 0 Å². The maximum Gasteiger partial charge on any atom is 0.410 e. The summed E-state index contributed by atoms with van der Waals surface area (Å²) in [5.74, 6) is 0. The first-order valence-corrected chi connectivity index (χ1v) is 14.4. The summed E-state index contributed by atoms with van der Waals surface area (Å²) in [5, 5.41) is 1.32. The van der Waals surface area contributed by atoms with Gasteiger partial charge in [-0.2, -0.15) is 0 Å². The van der Waals surface area contributed by atoms with Crippen molar-refractivity contribution in [1.82, 2.24) is 9.13 Å². The van der Waals surface area contributed by atoms with Crippen LogP contribution >= 0.6 is 0 Å². The van der Waals surface area contributed by atoms with Crippen LogP contribution in [0.1, 0.15) is 62.3 Å². The maximum absolute atomic E-state index is 12.4. The summed E-state index contributed by atoms with van der Waals surface area (Å²) in [6, 6.07) is 9.21. The SMILES string of the molecule is CC(C)[Si](C(C)C)(C(C)C)n1ccc2cc(N3CCN(C(=O)OC(C)(C)C)CC3)ccc21. The number of hydrogen-bond donors (Lipinski definition) is 0. The molecule has 1 aliphatic heterocycles. The van der Waals surface area contributed by atoms with E-state index >= 15 is 0 Å². The van der Waals surface area contributed by atoms with E-state index in [1.54, 1.807) is 0 Å². The largest absolute Gasteiger partial charge is 0.444 e. The number of ether oxygens (including phenoxy) is 1. The van der Waals surface area contributed by atoms with Crippen molar-refractivity contribution in [3.63, 3.8) is 0 Å². The molecule has 178 valence electrons. The molecule has 3 rings (SSSR count). The van der Waals surface area contributed by atoms with Gasteiger partial charge in [0.05, 0.1) is 0 Å². The number of hydrogen-bond acceptors (Lipinski definition) is 3. The van der Waals surface area contributed by atoms with E-state index in [1.807, 2.05) is 25.7 Å². The highest BCUT2D eigenvalue weighted by Crippen LogP contribution is 2.44. The Bertz CT molecular complexity index is 912. The molecule has 0 N–H and O–H groups in total. The van der Waals surface area contributed by atoms with E-state index in [4.69, 9.17) is 4.74 Å². The molecular weight excluding hydrogens is 414 g/mol. The fourth-order valence-electron chi connectivity index (χ4n) is 5.97. The molecule has 1 aliphatic rings. The first kappa shape index (κ1) is 24.7. The zero-order valence-electron chi connectivity index (χ0n) is 21.6. The molecule has 1 fully saturated rings. The monoisotopic (exact) mass is 457 g/mol. The molecular formula is C26H43N3O2Si. The van der Waals surface area contributed by atoms with Gasteiger partial charge in [0.2, 0.25) is 0 Å². The van der Waals surface area contributed by atoms with Gasteiger partial charge in [0, 0.05) is 42.8 Å². The number of amides is 1. The third-order valence-electron chi connectivity index (χ3n) is 7.16. The molecule has 1 saturated heterocycles. The average Bonchev–Trinajstić information content (AvgIpc) is 3.10. The lowest BCUT2D eigenvalue weighted by Crippen LogP contribution is -2.51. The average molecular weight is 458 g/mol. The fourth-order valence-corrected chi connectivity index (χ4v) is 12.6. The second-order valence-electron chi connectivity index (χ2n) is 11.2. The normalized spacial score (nSPS) is 16.0. The number of nitrogens with zero attached hydrogens (tertiary/aromatic N) is 3. The van der Waals surface area contributed by atoms with E-state index in [0.29, 0.717) is 29.7 Å². The quantitative estimate of drug-likeness (QED) is 0.468. The van der Waals surface area contributed by atoms with Crippen LogP contribution in [0.15, 0.2) is 30.5 Å². The Hall–Kier alpha value is -1.95. The van der Waals surface area contributed by atoms with Gasteiger partial charge in [0.1, 0.15) is 5.60 Å². The van der Waals surface area contributed by atoms with Crippen LogP contribution in [0.5, 0.6) is 0 Å². The highest BCUT2D eigenvalue weighted by Gasteiger charge is 2.45. The molecule has 32 heavy (non-hydrogen) atoms. The van der Waals surface area contributed by atoms with Crippen LogP contribution in [0.2, 0.25) is 16.6 Å². The molecule has 0 atom stereocenters. The number of anilines is 1. The summed E-state index contributed by atoms with van der Waals surface area (Å²) in [4.78, 5) is 16.6. The van der Waals surface area contributed by atoms with Crippen molar-refractivity contribution in [2.24, 2.45) is 0 Å². The molecule has 0 unspecified atom stereocenters. The number of piperazine rings is 1. The van der Waals surface area contributed by atoms with Crippen LogP contribution < -0.4 is 4.90 Å². The molecule has 5 nitrogen and oxygen atoms in total. The topological polar surface area (TPSA) is 37.7 Å². The van der Waals surface area contributed by atoms with Gasteiger partial charge < -0.3 is 18.8 Å². The number of benzene rings is 1. The third kappa shape index (κ3) is 4.56. The second-order valence-corrected chi connectivity index (χ2v) is 17.0. The van der Waals surface area contributed by atoms with Crippen molar-refractivity contribution in [2.75, 3.05) is 31.1 Å². The minimum absolute atomic E-state index is 0.206. The minimum atomic E-state index is -1.77. The molecule has 0 bridgehead atoms. The molecule has 0 aliphatic carbocycles. The van der Waals surface area contributed by atoms with Crippen LogP contribution in [-0.4, -0.2) is 55.2 Å². The molecule has 6 heteroatoms. The first-order valence-electron chi connectivity index (χ1n) is 12.2. The Morgan fingerprint density at radius 3 is 1.97 bits per heavy atom. The van der Waals surface area contributed by atoms with Gasteiger partial charge in [0.25, 0.3) is 0 Å². The number of fused-ring (bicyclic) bond motifs is 1. The van der Waals surface area contributed by atoms with Crippen molar-refractivity contribution in [2.45, 2.75) is 84.5 Å². The Morgan fingerprint density at radius 2 is 1.47 bits per heavy atom. The van der Waals surface area contributed by atoms with Gasteiger partial charge in [0.15, 0.2) is 8.24 Å². The van der Waals surface area contributed by atoms with Crippen molar-refractivity contribution < 1.29 is 9.53 Å². The van der Waals surface area contributed by atoms with E-state index in [0.717, 1.165) is 13.1 Å². The molecule has 1 aromatic carbocycles. The van der Waals surface area contributed by atoms with Crippen LogP contribution in [0, 0.1) is 0 Å². The number of carbonyl (C=O) groups excluding carboxylic acids is 1. The first-order chi connectivity index (χ1) is 14.9. The lowest BCUT2D eigenvalue weighted by molar-refractivity contribution is 0.0240. The molecule has 2 aromatic rings. The number of rotatable bonds is 5. The standard InChI is InChI=1S/C26H43N3O2Si/c1-19(2)32(20(3)4,21(5)6)29-13-12-22-18-23(10-11-24(22)29)27-14-16-28(17-15-27)25(30)31-26(7,8)9/h10-13,18-21H,14-17H2,1-9H3. The minimum Gasteiger partial charge on any atom is -0.444 e. The van der Waals surface area contributed by atoms with Crippen LogP contribution in [0.3, 0.4) is 0 Å². The second kappa shape index (κ2) is 9.12.